The highest BCUT2D eigenvalue weighted by Crippen LogP contribution is 2.39. The average Bonchev–Trinajstić information content (AvgIpc) is 3.05. The number of hydrogen-bond acceptors (Lipinski definition) is 5. The minimum atomic E-state index is -1.09. The molecule has 0 amide bonds. The van der Waals surface area contributed by atoms with Gasteiger partial charge in [0.2, 0.25) is 0 Å². The van der Waals surface area contributed by atoms with E-state index in [0.29, 0.717) is 12.2 Å². The maximum atomic E-state index is 11.9. The summed E-state index contributed by atoms with van der Waals surface area (Å²) in [6.07, 6.45) is 1.22. The van der Waals surface area contributed by atoms with Crippen molar-refractivity contribution in [2.45, 2.75) is 38.6 Å². The van der Waals surface area contributed by atoms with E-state index in [0.717, 1.165) is 23.0 Å². The summed E-state index contributed by atoms with van der Waals surface area (Å²) in [5, 5.41) is 25.9. The van der Waals surface area contributed by atoms with Gasteiger partial charge in [0.05, 0.1) is 26.6 Å². The van der Waals surface area contributed by atoms with Gasteiger partial charge >= 0.3 is 0 Å². The quantitative estimate of drug-likeness (QED) is 0.717. The highest BCUT2D eigenvalue weighted by Gasteiger charge is 2.41. The molecule has 2 rings (SSSR count). The van der Waals surface area contributed by atoms with Crippen molar-refractivity contribution in [3.8, 4) is 0 Å². The third kappa shape index (κ3) is 4.22. The molecule has 1 N–H and O–H groups in total. The molecule has 1 heterocycles. The second-order valence-corrected chi connectivity index (χ2v) is 7.76. The number of H-pyrrole nitrogens is 1. The number of carboxylic acid groups (broad SMARTS) is 1. The predicted octanol–water partition coefficient (Wildman–Crippen LogP) is 0.878. The summed E-state index contributed by atoms with van der Waals surface area (Å²) < 4.78 is 0.820. The van der Waals surface area contributed by atoms with Gasteiger partial charge in [-0.15, -0.1) is 5.10 Å². The molecule has 0 aliphatic rings. The number of hydrogen-bond donors (Lipinski definition) is 1. The molecule has 0 aliphatic heterocycles. The van der Waals surface area contributed by atoms with Crippen molar-refractivity contribution in [1.82, 2.24) is 20.6 Å². The Bertz CT molecular complexity index is 691. The molecule has 2 atom stereocenters. The fourth-order valence-corrected chi connectivity index (χ4v) is 3.32. The molecule has 0 spiro atoms. The molecule has 0 bridgehead atoms. The van der Waals surface area contributed by atoms with E-state index < -0.39 is 17.3 Å². The summed E-state index contributed by atoms with van der Waals surface area (Å²) in [4.78, 5) is 11.9. The van der Waals surface area contributed by atoms with Crippen molar-refractivity contribution in [2.24, 2.45) is 5.92 Å². The summed E-state index contributed by atoms with van der Waals surface area (Å²) in [5.41, 5.74) is 1.17. The third-order valence-electron chi connectivity index (χ3n) is 4.61. The highest BCUT2D eigenvalue weighted by molar-refractivity contribution is 5.71. The molecule has 0 saturated carbocycles. The summed E-state index contributed by atoms with van der Waals surface area (Å²) in [6, 6.07) is 8.02. The van der Waals surface area contributed by atoms with Crippen molar-refractivity contribution in [1.29, 1.82) is 0 Å². The van der Waals surface area contributed by atoms with E-state index in [-0.39, 0.29) is 0 Å². The Hall–Kier alpha value is -2.28. The molecule has 1 aromatic heterocycles. The molecule has 1 unspecified atom stereocenters. The van der Waals surface area contributed by atoms with Crippen LogP contribution in [-0.4, -0.2) is 52.2 Å². The van der Waals surface area contributed by atoms with E-state index in [4.69, 9.17) is 0 Å². The second kappa shape index (κ2) is 7.31. The van der Waals surface area contributed by atoms with Crippen LogP contribution in [0.2, 0.25) is 0 Å². The van der Waals surface area contributed by atoms with Crippen LogP contribution < -0.4 is 5.11 Å². The Morgan fingerprint density at radius 3 is 2.36 bits per heavy atom. The van der Waals surface area contributed by atoms with Gasteiger partial charge in [0, 0.05) is 17.5 Å². The Labute approximate surface area is 148 Å². The molecule has 7 heteroatoms. The molecule has 1 aromatic carbocycles. The van der Waals surface area contributed by atoms with Crippen LogP contribution in [0, 0.1) is 5.92 Å². The number of aromatic amines is 1. The Balaban J connectivity index is 2.48. The van der Waals surface area contributed by atoms with Crippen LogP contribution in [-0.2, 0) is 16.8 Å². The van der Waals surface area contributed by atoms with Crippen molar-refractivity contribution < 1.29 is 14.4 Å². The summed E-state index contributed by atoms with van der Waals surface area (Å²) in [6.45, 7) is 4.71. The van der Waals surface area contributed by atoms with Crippen molar-refractivity contribution >= 4 is 5.97 Å². The number of carboxylic acids is 1. The molecule has 0 radical (unpaired) electrons. The lowest BCUT2D eigenvalue weighted by molar-refractivity contribution is -0.884. The van der Waals surface area contributed by atoms with Gasteiger partial charge in [-0.1, -0.05) is 37.6 Å². The number of quaternary nitrogens is 1. The lowest BCUT2D eigenvalue weighted by Gasteiger charge is -2.37. The van der Waals surface area contributed by atoms with Gasteiger partial charge in [-0.25, -0.2) is 5.10 Å². The van der Waals surface area contributed by atoms with Crippen molar-refractivity contribution in [2.75, 3.05) is 21.1 Å². The zero-order valence-electron chi connectivity index (χ0n) is 15.6. The number of carbonyl (C=O) groups is 1. The van der Waals surface area contributed by atoms with Gasteiger partial charge in [-0.3, -0.25) is 0 Å². The van der Waals surface area contributed by atoms with Crippen LogP contribution in [0.15, 0.2) is 24.3 Å². The number of carbonyl (C=O) groups excluding carboxylic acids is 1. The molecule has 0 aliphatic carbocycles. The number of nitrogens with zero attached hydrogens (tertiary/aromatic N) is 4. The Kier molecular flexibility index (Phi) is 5.57. The molecule has 0 saturated heterocycles. The zero-order chi connectivity index (χ0) is 18.7. The Morgan fingerprint density at radius 2 is 1.92 bits per heavy atom. The first kappa shape index (κ1) is 19.1. The fourth-order valence-electron chi connectivity index (χ4n) is 3.32. The SMILES string of the molecule is CCCC(C(=O)[O-])[C@@](C)(c1ccc(C[N+](C)(C)C)cc1)c1nnn[nH]1. The maximum Gasteiger partial charge on any atom is 0.159 e. The number of aliphatic carboxylic acids is 1. The smallest absolute Gasteiger partial charge is 0.159 e. The first-order valence-electron chi connectivity index (χ1n) is 8.53. The van der Waals surface area contributed by atoms with Gasteiger partial charge in [-0.05, 0) is 29.3 Å². The summed E-state index contributed by atoms with van der Waals surface area (Å²) in [7, 11) is 6.39. The molecule has 136 valence electrons. The molecule has 2 aromatic rings. The van der Waals surface area contributed by atoms with E-state index in [1.807, 2.05) is 38.1 Å². The molecule has 0 fully saturated rings. The van der Waals surface area contributed by atoms with Crippen LogP contribution >= 0.6 is 0 Å². The van der Waals surface area contributed by atoms with Crippen LogP contribution in [0.25, 0.3) is 0 Å². The highest BCUT2D eigenvalue weighted by atomic mass is 16.4. The van der Waals surface area contributed by atoms with Crippen molar-refractivity contribution in [3.05, 3.63) is 41.2 Å². The standard InChI is InChI=1S/C18H27N5O2/c1-6-7-15(16(24)25)18(2,17-19-21-22-20-17)14-10-8-13(9-11-14)12-23(3,4)5/h8-11,15H,6-7,12H2,1-5H3,(H-,19,20,21,22,24,25)/t15?,18-/m1/s1. The molecule has 25 heavy (non-hydrogen) atoms. The first-order valence-corrected chi connectivity index (χ1v) is 8.53. The lowest BCUT2D eigenvalue weighted by Crippen LogP contribution is -2.45. The van der Waals surface area contributed by atoms with Crippen LogP contribution in [0.5, 0.6) is 0 Å². The van der Waals surface area contributed by atoms with Crippen molar-refractivity contribution in [3.63, 3.8) is 0 Å². The largest absolute Gasteiger partial charge is 0.550 e. The van der Waals surface area contributed by atoms with Crippen LogP contribution in [0.3, 0.4) is 0 Å². The van der Waals surface area contributed by atoms with Gasteiger partial charge in [0.15, 0.2) is 5.82 Å². The second-order valence-electron chi connectivity index (χ2n) is 7.76. The van der Waals surface area contributed by atoms with E-state index in [2.05, 4.69) is 41.8 Å². The van der Waals surface area contributed by atoms with E-state index in [1.165, 1.54) is 5.56 Å². The minimum absolute atomic E-state index is 0.439. The van der Waals surface area contributed by atoms with Gasteiger partial charge in [0.1, 0.15) is 6.54 Å². The molecular formula is C18H27N5O2. The molecular weight excluding hydrogens is 318 g/mol. The summed E-state index contributed by atoms with van der Waals surface area (Å²) >= 11 is 0. The number of tetrazole rings is 1. The number of nitrogens with one attached hydrogen (secondary N) is 1. The third-order valence-corrected chi connectivity index (χ3v) is 4.61. The zero-order valence-corrected chi connectivity index (χ0v) is 15.6. The first-order chi connectivity index (χ1) is 11.7. The van der Waals surface area contributed by atoms with Crippen LogP contribution in [0.1, 0.15) is 43.6 Å². The monoisotopic (exact) mass is 345 g/mol. The normalized spacial score (nSPS) is 15.6. The number of rotatable bonds is 8. The molecule has 7 nitrogen and oxygen atoms in total. The van der Waals surface area contributed by atoms with Gasteiger partial charge in [0.25, 0.3) is 0 Å². The van der Waals surface area contributed by atoms with Gasteiger partial charge in [-0.2, -0.15) is 0 Å². The number of aromatic nitrogens is 4. The average molecular weight is 345 g/mol. The fraction of sp³-hybridized carbons (Fsp3) is 0.556. The topological polar surface area (TPSA) is 94.6 Å². The van der Waals surface area contributed by atoms with E-state index in [1.54, 1.807) is 0 Å². The van der Waals surface area contributed by atoms with Crippen LogP contribution in [0.4, 0.5) is 0 Å². The van der Waals surface area contributed by atoms with E-state index in [9.17, 15) is 9.90 Å². The summed E-state index contributed by atoms with van der Waals surface area (Å²) in [5.74, 6) is -1.37. The van der Waals surface area contributed by atoms with E-state index >= 15 is 0 Å². The van der Waals surface area contributed by atoms with Gasteiger partial charge < -0.3 is 14.4 Å². The Morgan fingerprint density at radius 1 is 1.28 bits per heavy atom. The number of benzene rings is 1. The predicted molar refractivity (Wildman–Crippen MR) is 92.2 cm³/mol. The lowest BCUT2D eigenvalue weighted by atomic mass is 9.69. The minimum Gasteiger partial charge on any atom is -0.550 e. The maximum absolute atomic E-state index is 11.9.